The third-order valence-electron chi connectivity index (χ3n) is 5.15. The zero-order valence-electron chi connectivity index (χ0n) is 16.3. The fourth-order valence-electron chi connectivity index (χ4n) is 3.79. The number of likely N-dealkylation sites (tertiary alicyclic amines) is 1. The molecular weight excluding hydrogens is 365 g/mol. The molecule has 3 atom stereocenters. The van der Waals surface area contributed by atoms with E-state index in [4.69, 9.17) is 9.47 Å². The Morgan fingerprint density at radius 3 is 2.37 bits per heavy atom. The summed E-state index contributed by atoms with van der Waals surface area (Å²) in [6, 6.07) is -1.36. The Bertz CT molecular complexity index is 562. The van der Waals surface area contributed by atoms with Crippen molar-refractivity contribution < 1.29 is 32.2 Å². The molecule has 0 spiro atoms. The van der Waals surface area contributed by atoms with Gasteiger partial charge in [0.15, 0.2) is 5.60 Å². The number of hydrogen-bond donors (Lipinski definition) is 1. The van der Waals surface area contributed by atoms with Crippen molar-refractivity contribution in [3.8, 4) is 0 Å². The van der Waals surface area contributed by atoms with Crippen molar-refractivity contribution in [3.05, 3.63) is 0 Å². The molecule has 2 rings (SSSR count). The van der Waals surface area contributed by atoms with Crippen molar-refractivity contribution >= 4 is 12.0 Å². The predicted molar refractivity (Wildman–Crippen MR) is 92.2 cm³/mol. The van der Waals surface area contributed by atoms with E-state index in [0.29, 0.717) is 32.2 Å². The first-order valence-electron chi connectivity index (χ1n) is 9.30. The molecule has 9 heteroatoms. The standard InChI is InChI=1S/C18H29F3N2O4/c1-16(2,3)27-15(25)23-10-6-8-13(23)14(24)22-12-7-5-9-17(11-12,26-4)18(19,20)21/h12-13H,5-11H2,1-4H3,(H,22,24). The summed E-state index contributed by atoms with van der Waals surface area (Å²) in [5.41, 5.74) is -2.92. The number of rotatable bonds is 3. The van der Waals surface area contributed by atoms with E-state index in [1.807, 2.05) is 0 Å². The molecule has 1 saturated carbocycles. The fourth-order valence-corrected chi connectivity index (χ4v) is 3.79. The van der Waals surface area contributed by atoms with Crippen LogP contribution < -0.4 is 5.32 Å². The predicted octanol–water partition coefficient (Wildman–Crippen LogP) is 3.39. The SMILES string of the molecule is COC1(C(F)(F)F)CCCC(NC(=O)C2CCCN2C(=O)OC(C)(C)C)C1. The van der Waals surface area contributed by atoms with E-state index in [0.717, 1.165) is 7.11 Å². The summed E-state index contributed by atoms with van der Waals surface area (Å²) in [7, 11) is 1.05. The van der Waals surface area contributed by atoms with Gasteiger partial charge < -0.3 is 14.8 Å². The van der Waals surface area contributed by atoms with Crippen molar-refractivity contribution in [1.82, 2.24) is 10.2 Å². The van der Waals surface area contributed by atoms with Gasteiger partial charge in [0.2, 0.25) is 5.91 Å². The second kappa shape index (κ2) is 7.85. The molecule has 1 saturated heterocycles. The van der Waals surface area contributed by atoms with E-state index >= 15 is 0 Å². The number of nitrogens with zero attached hydrogens (tertiary/aromatic N) is 1. The molecule has 0 radical (unpaired) electrons. The highest BCUT2D eigenvalue weighted by molar-refractivity contribution is 5.86. The molecule has 1 heterocycles. The number of halogens is 3. The Morgan fingerprint density at radius 2 is 1.81 bits per heavy atom. The van der Waals surface area contributed by atoms with Gasteiger partial charge in [-0.3, -0.25) is 9.69 Å². The summed E-state index contributed by atoms with van der Waals surface area (Å²) in [6.45, 7) is 5.60. The van der Waals surface area contributed by atoms with Crippen LogP contribution in [0.2, 0.25) is 0 Å². The molecule has 156 valence electrons. The molecule has 1 N–H and O–H groups in total. The van der Waals surface area contributed by atoms with Gasteiger partial charge in [0.25, 0.3) is 0 Å². The van der Waals surface area contributed by atoms with Gasteiger partial charge >= 0.3 is 12.3 Å². The number of amides is 2. The third kappa shape index (κ3) is 5.06. The van der Waals surface area contributed by atoms with Gasteiger partial charge in [-0.05, 0) is 52.9 Å². The molecule has 1 aliphatic carbocycles. The number of carbonyl (C=O) groups excluding carboxylic acids is 2. The van der Waals surface area contributed by atoms with Crippen molar-refractivity contribution in [2.24, 2.45) is 0 Å². The number of carbonyl (C=O) groups is 2. The zero-order valence-corrected chi connectivity index (χ0v) is 16.3. The van der Waals surface area contributed by atoms with E-state index in [1.54, 1.807) is 20.8 Å². The second-order valence-electron chi connectivity index (χ2n) is 8.33. The van der Waals surface area contributed by atoms with Crippen LogP contribution in [-0.4, -0.2) is 60.0 Å². The van der Waals surface area contributed by atoms with Gasteiger partial charge in [0.1, 0.15) is 11.6 Å². The van der Waals surface area contributed by atoms with Crippen LogP contribution in [0.5, 0.6) is 0 Å². The summed E-state index contributed by atoms with van der Waals surface area (Å²) in [5.74, 6) is -0.433. The second-order valence-corrected chi connectivity index (χ2v) is 8.33. The highest BCUT2D eigenvalue weighted by Gasteiger charge is 2.57. The average Bonchev–Trinajstić information content (AvgIpc) is 3.02. The molecule has 1 aliphatic heterocycles. The number of alkyl halides is 3. The molecule has 3 unspecified atom stereocenters. The minimum absolute atomic E-state index is 0.118. The molecule has 0 aromatic carbocycles. The van der Waals surface area contributed by atoms with Crippen LogP contribution >= 0.6 is 0 Å². The quantitative estimate of drug-likeness (QED) is 0.797. The van der Waals surface area contributed by atoms with Gasteiger partial charge in [0.05, 0.1) is 0 Å². The maximum atomic E-state index is 13.4. The molecule has 2 amide bonds. The largest absolute Gasteiger partial charge is 0.444 e. The van der Waals surface area contributed by atoms with Crippen LogP contribution in [-0.2, 0) is 14.3 Å². The van der Waals surface area contributed by atoms with Gasteiger partial charge in [0, 0.05) is 26.1 Å². The Hall–Kier alpha value is -1.51. The summed E-state index contributed by atoms with van der Waals surface area (Å²) in [4.78, 5) is 26.3. The zero-order chi connectivity index (χ0) is 20.5. The van der Waals surface area contributed by atoms with Crippen LogP contribution in [0.1, 0.15) is 59.3 Å². The summed E-state index contributed by atoms with van der Waals surface area (Å²) in [5, 5.41) is 2.70. The lowest BCUT2D eigenvalue weighted by Crippen LogP contribution is -2.56. The number of ether oxygens (including phenoxy) is 2. The molecule has 27 heavy (non-hydrogen) atoms. The molecule has 0 bridgehead atoms. The van der Waals surface area contributed by atoms with Crippen molar-refractivity contribution in [2.75, 3.05) is 13.7 Å². The maximum absolute atomic E-state index is 13.4. The first kappa shape index (κ1) is 21.8. The lowest BCUT2D eigenvalue weighted by molar-refractivity contribution is -0.281. The van der Waals surface area contributed by atoms with Gasteiger partial charge in [-0.1, -0.05) is 0 Å². The van der Waals surface area contributed by atoms with Crippen LogP contribution in [0.15, 0.2) is 0 Å². The van der Waals surface area contributed by atoms with Crippen LogP contribution in [0, 0.1) is 0 Å². The molecule has 6 nitrogen and oxygen atoms in total. The Balaban J connectivity index is 2.02. The first-order valence-corrected chi connectivity index (χ1v) is 9.30. The highest BCUT2D eigenvalue weighted by atomic mass is 19.4. The lowest BCUT2D eigenvalue weighted by atomic mass is 9.81. The van der Waals surface area contributed by atoms with E-state index in [9.17, 15) is 22.8 Å². The summed E-state index contributed by atoms with van der Waals surface area (Å²) >= 11 is 0. The van der Waals surface area contributed by atoms with Crippen molar-refractivity contribution in [2.45, 2.75) is 88.8 Å². The molecule has 2 fully saturated rings. The molecular formula is C18H29F3N2O4. The lowest BCUT2D eigenvalue weighted by Gasteiger charge is -2.41. The van der Waals surface area contributed by atoms with E-state index in [1.165, 1.54) is 4.90 Å². The van der Waals surface area contributed by atoms with Gasteiger partial charge in [-0.2, -0.15) is 13.2 Å². The third-order valence-corrected chi connectivity index (χ3v) is 5.15. The van der Waals surface area contributed by atoms with Crippen LogP contribution in [0.4, 0.5) is 18.0 Å². The minimum Gasteiger partial charge on any atom is -0.444 e. The average molecular weight is 394 g/mol. The normalized spacial score (nSPS) is 29.5. The highest BCUT2D eigenvalue weighted by Crippen LogP contribution is 2.44. The van der Waals surface area contributed by atoms with E-state index in [-0.39, 0.29) is 12.8 Å². The van der Waals surface area contributed by atoms with Crippen LogP contribution in [0.3, 0.4) is 0 Å². The van der Waals surface area contributed by atoms with Crippen LogP contribution in [0.25, 0.3) is 0 Å². The molecule has 2 aliphatic rings. The fraction of sp³-hybridized carbons (Fsp3) is 0.889. The Labute approximate surface area is 157 Å². The summed E-state index contributed by atoms with van der Waals surface area (Å²) < 4.78 is 50.4. The van der Waals surface area contributed by atoms with E-state index in [2.05, 4.69) is 5.32 Å². The van der Waals surface area contributed by atoms with Crippen molar-refractivity contribution in [1.29, 1.82) is 0 Å². The van der Waals surface area contributed by atoms with Crippen molar-refractivity contribution in [3.63, 3.8) is 0 Å². The maximum Gasteiger partial charge on any atom is 0.417 e. The Kier molecular flexibility index (Phi) is 6.33. The number of hydrogen-bond acceptors (Lipinski definition) is 4. The van der Waals surface area contributed by atoms with Gasteiger partial charge in [-0.15, -0.1) is 0 Å². The number of methoxy groups -OCH3 is 1. The summed E-state index contributed by atoms with van der Waals surface area (Å²) in [6.07, 6.45) is -3.65. The monoisotopic (exact) mass is 394 g/mol. The minimum atomic E-state index is -4.50. The topological polar surface area (TPSA) is 67.9 Å². The molecule has 0 aromatic rings. The molecule has 0 aromatic heterocycles. The number of nitrogens with one attached hydrogen (secondary N) is 1. The Morgan fingerprint density at radius 1 is 1.15 bits per heavy atom. The van der Waals surface area contributed by atoms with Gasteiger partial charge in [-0.25, -0.2) is 4.79 Å². The van der Waals surface area contributed by atoms with E-state index < -0.39 is 41.5 Å². The first-order chi connectivity index (χ1) is 12.4. The smallest absolute Gasteiger partial charge is 0.417 e.